The van der Waals surface area contributed by atoms with Gasteiger partial charge in [0.25, 0.3) is 0 Å². The molecule has 3 nitrogen and oxygen atoms in total. The Bertz CT molecular complexity index is 358. The van der Waals surface area contributed by atoms with Crippen molar-refractivity contribution in [2.24, 2.45) is 5.41 Å². The molecule has 0 bridgehead atoms. The zero-order chi connectivity index (χ0) is 13.7. The first kappa shape index (κ1) is 15.0. The van der Waals surface area contributed by atoms with E-state index in [4.69, 9.17) is 4.74 Å². The van der Waals surface area contributed by atoms with E-state index in [2.05, 4.69) is 36.3 Å². The second-order valence-corrected chi connectivity index (χ2v) is 6.92. The van der Waals surface area contributed by atoms with Crippen molar-refractivity contribution in [1.82, 2.24) is 4.90 Å². The molecule has 1 atom stereocenters. The van der Waals surface area contributed by atoms with Crippen molar-refractivity contribution in [3.05, 3.63) is 22.4 Å². The molecule has 1 fully saturated rings. The van der Waals surface area contributed by atoms with Crippen LogP contribution in [0.15, 0.2) is 17.5 Å². The molecule has 1 aliphatic rings. The number of nitrogens with zero attached hydrogens (tertiary/aromatic N) is 1. The number of hydrogen-bond donors (Lipinski definition) is 1. The first-order valence-corrected chi connectivity index (χ1v) is 7.98. The minimum absolute atomic E-state index is 0.0697. The molecule has 0 amide bonds. The van der Waals surface area contributed by atoms with Crippen molar-refractivity contribution in [3.8, 4) is 0 Å². The third-order valence-electron chi connectivity index (χ3n) is 3.95. The Morgan fingerprint density at radius 3 is 2.89 bits per heavy atom. The van der Waals surface area contributed by atoms with E-state index >= 15 is 0 Å². The van der Waals surface area contributed by atoms with Crippen molar-refractivity contribution in [2.75, 3.05) is 26.4 Å². The Hall–Kier alpha value is -0.420. The zero-order valence-corrected chi connectivity index (χ0v) is 12.8. The molecule has 1 aromatic heterocycles. The van der Waals surface area contributed by atoms with Crippen LogP contribution in [0, 0.1) is 5.41 Å². The highest BCUT2D eigenvalue weighted by Crippen LogP contribution is 2.30. The highest BCUT2D eigenvalue weighted by atomic mass is 32.1. The fraction of sp³-hybridized carbons (Fsp3) is 0.733. The minimum Gasteiger partial charge on any atom is -0.396 e. The molecular weight excluding hydrogens is 258 g/mol. The van der Waals surface area contributed by atoms with E-state index in [9.17, 15) is 5.11 Å². The number of thiophene rings is 1. The van der Waals surface area contributed by atoms with E-state index in [1.54, 1.807) is 11.3 Å². The number of ether oxygens (including phenoxy) is 1. The lowest BCUT2D eigenvalue weighted by molar-refractivity contribution is -0.0605. The lowest BCUT2D eigenvalue weighted by Gasteiger charge is -2.41. The van der Waals surface area contributed by atoms with E-state index in [0.29, 0.717) is 12.6 Å². The van der Waals surface area contributed by atoms with Gasteiger partial charge in [0.05, 0.1) is 13.2 Å². The third kappa shape index (κ3) is 4.02. The van der Waals surface area contributed by atoms with Crippen molar-refractivity contribution >= 4 is 11.3 Å². The molecule has 0 spiro atoms. The van der Waals surface area contributed by atoms with E-state index < -0.39 is 0 Å². The quantitative estimate of drug-likeness (QED) is 0.871. The molecule has 1 unspecified atom stereocenters. The molecule has 0 aliphatic carbocycles. The van der Waals surface area contributed by atoms with Gasteiger partial charge in [-0.2, -0.15) is 0 Å². The van der Waals surface area contributed by atoms with Crippen LogP contribution in [0.3, 0.4) is 0 Å². The van der Waals surface area contributed by atoms with Gasteiger partial charge in [-0.15, -0.1) is 11.3 Å². The van der Waals surface area contributed by atoms with Crippen LogP contribution >= 0.6 is 11.3 Å². The molecule has 108 valence electrons. The standard InChI is InChI=1S/C15H25NO2S/c1-13(2)16(9-14-5-3-8-19-14)10-15(11-17)6-4-7-18-12-15/h3,5,8,13,17H,4,6-7,9-12H2,1-2H3. The fourth-order valence-corrected chi connectivity index (χ4v) is 3.39. The molecule has 0 aromatic carbocycles. The normalized spacial score (nSPS) is 24.3. The molecule has 1 aliphatic heterocycles. The maximum atomic E-state index is 9.79. The maximum Gasteiger partial charge on any atom is 0.0556 e. The summed E-state index contributed by atoms with van der Waals surface area (Å²) in [6.07, 6.45) is 2.13. The monoisotopic (exact) mass is 283 g/mol. The van der Waals surface area contributed by atoms with Gasteiger partial charge in [0, 0.05) is 36.0 Å². The van der Waals surface area contributed by atoms with Gasteiger partial charge in [0.2, 0.25) is 0 Å². The highest BCUT2D eigenvalue weighted by Gasteiger charge is 2.35. The Morgan fingerprint density at radius 1 is 1.53 bits per heavy atom. The lowest BCUT2D eigenvalue weighted by Crippen LogP contribution is -2.47. The summed E-state index contributed by atoms with van der Waals surface area (Å²) in [5, 5.41) is 11.9. The molecule has 1 aromatic rings. The number of hydrogen-bond acceptors (Lipinski definition) is 4. The lowest BCUT2D eigenvalue weighted by atomic mass is 9.82. The summed E-state index contributed by atoms with van der Waals surface area (Å²) >= 11 is 1.80. The summed E-state index contributed by atoms with van der Waals surface area (Å²) in [4.78, 5) is 3.84. The SMILES string of the molecule is CC(C)N(Cc1cccs1)CC1(CO)CCCOC1. The van der Waals surface area contributed by atoms with Gasteiger partial charge in [0.1, 0.15) is 0 Å². The molecule has 1 saturated heterocycles. The summed E-state index contributed by atoms with van der Waals surface area (Å²) in [5.74, 6) is 0. The molecule has 0 radical (unpaired) electrons. The van der Waals surface area contributed by atoms with E-state index in [-0.39, 0.29) is 12.0 Å². The van der Waals surface area contributed by atoms with Crippen molar-refractivity contribution in [2.45, 2.75) is 39.3 Å². The van der Waals surface area contributed by atoms with Crippen molar-refractivity contribution in [3.63, 3.8) is 0 Å². The van der Waals surface area contributed by atoms with Crippen molar-refractivity contribution in [1.29, 1.82) is 0 Å². The smallest absolute Gasteiger partial charge is 0.0556 e. The Kier molecular flexibility index (Phi) is 5.39. The summed E-state index contributed by atoms with van der Waals surface area (Å²) in [5.41, 5.74) is -0.0697. The van der Waals surface area contributed by atoms with Crippen molar-refractivity contribution < 1.29 is 9.84 Å². The van der Waals surface area contributed by atoms with Crippen LogP contribution in [0.2, 0.25) is 0 Å². The second-order valence-electron chi connectivity index (χ2n) is 5.89. The molecule has 0 saturated carbocycles. The van der Waals surface area contributed by atoms with E-state index in [1.807, 2.05) is 0 Å². The first-order valence-electron chi connectivity index (χ1n) is 7.10. The van der Waals surface area contributed by atoms with E-state index in [0.717, 1.165) is 32.5 Å². The van der Waals surface area contributed by atoms with Crippen LogP contribution in [0.4, 0.5) is 0 Å². The second kappa shape index (κ2) is 6.84. The molecule has 2 heterocycles. The predicted octanol–water partition coefficient (Wildman–Crippen LogP) is 2.75. The zero-order valence-electron chi connectivity index (χ0n) is 12.0. The van der Waals surface area contributed by atoms with Gasteiger partial charge in [-0.3, -0.25) is 4.90 Å². The summed E-state index contributed by atoms with van der Waals surface area (Å²) in [6.45, 7) is 8.09. The Balaban J connectivity index is 2.02. The fourth-order valence-electron chi connectivity index (χ4n) is 2.66. The largest absolute Gasteiger partial charge is 0.396 e. The van der Waals surface area contributed by atoms with Crippen LogP contribution in [0.25, 0.3) is 0 Å². The Labute approximate surface area is 120 Å². The molecule has 1 N–H and O–H groups in total. The van der Waals surface area contributed by atoms with Gasteiger partial charge in [-0.25, -0.2) is 0 Å². The van der Waals surface area contributed by atoms with Crippen LogP contribution in [-0.4, -0.2) is 42.4 Å². The third-order valence-corrected chi connectivity index (χ3v) is 4.81. The van der Waals surface area contributed by atoms with Crippen LogP contribution < -0.4 is 0 Å². The predicted molar refractivity (Wildman–Crippen MR) is 79.4 cm³/mol. The minimum atomic E-state index is -0.0697. The van der Waals surface area contributed by atoms with Crippen LogP contribution in [0.5, 0.6) is 0 Å². The molecule has 2 rings (SSSR count). The van der Waals surface area contributed by atoms with E-state index in [1.165, 1.54) is 4.88 Å². The highest BCUT2D eigenvalue weighted by molar-refractivity contribution is 7.09. The van der Waals surface area contributed by atoms with Gasteiger partial charge in [-0.05, 0) is 38.1 Å². The summed E-state index contributed by atoms with van der Waals surface area (Å²) in [6, 6.07) is 4.76. The van der Waals surface area contributed by atoms with Gasteiger partial charge in [-0.1, -0.05) is 6.07 Å². The first-order chi connectivity index (χ1) is 9.15. The average molecular weight is 283 g/mol. The van der Waals surface area contributed by atoms with Crippen LogP contribution in [0.1, 0.15) is 31.6 Å². The number of aliphatic hydroxyl groups excluding tert-OH is 1. The van der Waals surface area contributed by atoms with Crippen LogP contribution in [-0.2, 0) is 11.3 Å². The summed E-state index contributed by atoms with van der Waals surface area (Å²) < 4.78 is 5.61. The average Bonchev–Trinajstić information content (AvgIpc) is 2.92. The van der Waals surface area contributed by atoms with Gasteiger partial charge < -0.3 is 9.84 Å². The molecule has 4 heteroatoms. The number of aliphatic hydroxyl groups is 1. The molecular formula is C15H25NO2S. The summed E-state index contributed by atoms with van der Waals surface area (Å²) in [7, 11) is 0. The number of rotatable bonds is 6. The van der Waals surface area contributed by atoms with Gasteiger partial charge in [0.15, 0.2) is 0 Å². The topological polar surface area (TPSA) is 32.7 Å². The maximum absolute atomic E-state index is 9.79. The Morgan fingerprint density at radius 2 is 2.37 bits per heavy atom. The van der Waals surface area contributed by atoms with Gasteiger partial charge >= 0.3 is 0 Å². The molecule has 19 heavy (non-hydrogen) atoms.